The molecule has 0 N–H and O–H groups in total. The molecule has 8 heteroatoms. The fourth-order valence-corrected chi connectivity index (χ4v) is 7.60. The van der Waals surface area contributed by atoms with Crippen LogP contribution in [0.25, 0.3) is 0 Å². The van der Waals surface area contributed by atoms with Gasteiger partial charge in [0.15, 0.2) is 0 Å². The summed E-state index contributed by atoms with van der Waals surface area (Å²) in [6.07, 6.45) is -4.32. The van der Waals surface area contributed by atoms with Gasteiger partial charge >= 0.3 is 150 Å². The summed E-state index contributed by atoms with van der Waals surface area (Å²) in [6.45, 7) is 1.93. The number of aliphatic imine (C=N–C) groups is 1. The zero-order chi connectivity index (χ0) is 14.8. The van der Waals surface area contributed by atoms with Gasteiger partial charge in [-0.2, -0.15) is 0 Å². The average Bonchev–Trinajstić information content (AvgIpc) is 2.35. The molecular formula is C12H9F3I3N2-. The van der Waals surface area contributed by atoms with Crippen molar-refractivity contribution in [2.75, 3.05) is 4.43 Å². The number of alkyl halides is 4. The topological polar surface area (TPSA) is 25.2 Å². The monoisotopic (exact) mass is 619 g/mol. The Hall–Kier alpha value is 0.410. The number of hydrogen-bond donors (Lipinski definition) is 0. The summed E-state index contributed by atoms with van der Waals surface area (Å²) in [4.78, 5) is 8.17. The number of pyridine rings is 1. The van der Waals surface area contributed by atoms with Crippen LogP contribution in [0.3, 0.4) is 0 Å². The van der Waals surface area contributed by atoms with Crippen molar-refractivity contribution in [3.8, 4) is 0 Å². The standard InChI is InChI=1S/C12H9F3I3N2/c1-7-2-8(16)3-11(19-7)18-5-9-4-17-6-10(20-9)12(13,14)15/h2-4,6H,5H2,1H3/q-1. The minimum absolute atomic E-state index is 0.443. The SMILES string of the molecule is Cc1cc(I)cc([I-]CC2=NC(C(F)(F)F)=CI=C2)n1. The van der Waals surface area contributed by atoms with Gasteiger partial charge < -0.3 is 0 Å². The molecule has 0 saturated carbocycles. The van der Waals surface area contributed by atoms with Gasteiger partial charge in [-0.05, 0) is 0 Å². The van der Waals surface area contributed by atoms with Crippen LogP contribution in [0, 0.1) is 14.2 Å². The van der Waals surface area contributed by atoms with Gasteiger partial charge in [0.2, 0.25) is 0 Å². The van der Waals surface area contributed by atoms with E-state index in [-0.39, 0.29) is 0 Å². The summed E-state index contributed by atoms with van der Waals surface area (Å²) in [5, 5.41) is 0. The number of nitrogens with zero attached hydrogens (tertiary/aromatic N) is 2. The molecule has 2 nitrogen and oxygen atoms in total. The molecule has 1 aliphatic rings. The van der Waals surface area contributed by atoms with E-state index in [1.165, 1.54) is 4.08 Å². The Morgan fingerprint density at radius 2 is 2.10 bits per heavy atom. The molecule has 0 fully saturated rings. The van der Waals surface area contributed by atoms with E-state index in [0.717, 1.165) is 13.0 Å². The number of allylic oxidation sites excluding steroid dienone is 1. The molecule has 0 amide bonds. The van der Waals surface area contributed by atoms with Crippen LogP contribution in [0.4, 0.5) is 13.2 Å². The average molecular weight is 619 g/mol. The van der Waals surface area contributed by atoms with Crippen molar-refractivity contribution in [3.63, 3.8) is 0 Å². The summed E-state index contributed by atoms with van der Waals surface area (Å²) in [5.41, 5.74) is 0.807. The van der Waals surface area contributed by atoms with Gasteiger partial charge in [0.1, 0.15) is 0 Å². The molecule has 0 bridgehead atoms. The Morgan fingerprint density at radius 3 is 2.75 bits per heavy atom. The van der Waals surface area contributed by atoms with E-state index >= 15 is 0 Å². The summed E-state index contributed by atoms with van der Waals surface area (Å²) in [7, 11) is 0. The molecule has 110 valence electrons. The first-order chi connectivity index (χ1) is 9.34. The molecule has 0 spiro atoms. The van der Waals surface area contributed by atoms with Crippen LogP contribution in [0.15, 0.2) is 26.9 Å². The van der Waals surface area contributed by atoms with Crippen LogP contribution in [-0.2, 0) is 0 Å². The second kappa shape index (κ2) is 7.11. The zero-order valence-corrected chi connectivity index (χ0v) is 16.7. The second-order valence-electron chi connectivity index (χ2n) is 3.85. The fraction of sp³-hybridized carbons (Fsp3) is 0.250. The van der Waals surface area contributed by atoms with Crippen LogP contribution in [0.1, 0.15) is 5.69 Å². The molecule has 0 aromatic carbocycles. The van der Waals surface area contributed by atoms with Gasteiger partial charge in [-0.1, -0.05) is 0 Å². The molecule has 1 aliphatic heterocycles. The quantitative estimate of drug-likeness (QED) is 0.281. The first kappa shape index (κ1) is 16.8. The Kier molecular flexibility index (Phi) is 5.97. The van der Waals surface area contributed by atoms with Gasteiger partial charge in [0.05, 0.1) is 0 Å². The van der Waals surface area contributed by atoms with Gasteiger partial charge in [0.25, 0.3) is 0 Å². The number of hydrogen-bond acceptors (Lipinski definition) is 2. The number of aromatic nitrogens is 1. The van der Waals surface area contributed by atoms with Crippen molar-refractivity contribution in [2.45, 2.75) is 13.1 Å². The van der Waals surface area contributed by atoms with E-state index in [1.807, 2.05) is 23.1 Å². The third-order valence-corrected chi connectivity index (χ3v) is 7.29. The summed E-state index contributed by atoms with van der Waals surface area (Å²) >= 11 is 1.11. The fourth-order valence-electron chi connectivity index (χ4n) is 1.35. The van der Waals surface area contributed by atoms with Gasteiger partial charge in [0, 0.05) is 0 Å². The Bertz CT molecular complexity index is 586. The molecular weight excluding hydrogens is 610 g/mol. The second-order valence-corrected chi connectivity index (χ2v) is 9.69. The van der Waals surface area contributed by atoms with Gasteiger partial charge in [-0.15, -0.1) is 0 Å². The van der Waals surface area contributed by atoms with Crippen molar-refractivity contribution >= 4 is 53.0 Å². The molecule has 1 aromatic rings. The van der Waals surface area contributed by atoms with Crippen molar-refractivity contribution in [1.29, 1.82) is 0 Å². The zero-order valence-electron chi connectivity index (χ0n) is 10.2. The Labute approximate surface area is 148 Å². The van der Waals surface area contributed by atoms with Crippen LogP contribution in [0.2, 0.25) is 0 Å². The molecule has 0 radical (unpaired) electrons. The Balaban J connectivity index is 2.06. The summed E-state index contributed by atoms with van der Waals surface area (Å²) in [6, 6.07) is 3.98. The van der Waals surface area contributed by atoms with Gasteiger partial charge in [-0.25, -0.2) is 0 Å². The van der Waals surface area contributed by atoms with E-state index in [1.54, 1.807) is 0 Å². The molecule has 2 heterocycles. The summed E-state index contributed by atoms with van der Waals surface area (Å²) < 4.78 is 43.7. The number of halogens is 6. The molecule has 20 heavy (non-hydrogen) atoms. The number of rotatable bonds is 3. The predicted molar refractivity (Wildman–Crippen MR) is 86.9 cm³/mol. The first-order valence-corrected chi connectivity index (χ1v) is 11.6. The molecule has 0 saturated heterocycles. The Morgan fingerprint density at radius 1 is 1.35 bits per heavy atom. The third-order valence-electron chi connectivity index (χ3n) is 2.14. The van der Waals surface area contributed by atoms with E-state index in [2.05, 4.69) is 32.6 Å². The predicted octanol–water partition coefficient (Wildman–Crippen LogP) is 0.884. The van der Waals surface area contributed by atoms with E-state index in [4.69, 9.17) is 0 Å². The molecule has 1 aromatic heterocycles. The number of aryl methyl sites for hydroxylation is 1. The molecule has 0 atom stereocenters. The van der Waals surface area contributed by atoms with E-state index < -0.39 is 53.8 Å². The molecule has 0 unspecified atom stereocenters. The van der Waals surface area contributed by atoms with Crippen molar-refractivity contribution < 1.29 is 34.4 Å². The first-order valence-electron chi connectivity index (χ1n) is 5.38. The molecule has 2 rings (SSSR count). The van der Waals surface area contributed by atoms with Crippen molar-refractivity contribution in [3.05, 3.63) is 34.9 Å². The van der Waals surface area contributed by atoms with Crippen molar-refractivity contribution in [2.24, 2.45) is 4.99 Å². The third kappa shape index (κ3) is 5.00. The van der Waals surface area contributed by atoms with E-state index in [9.17, 15) is 13.2 Å². The van der Waals surface area contributed by atoms with Crippen molar-refractivity contribution in [1.82, 2.24) is 4.98 Å². The maximum absolute atomic E-state index is 12.6. The van der Waals surface area contributed by atoms with E-state index in [0.29, 0.717) is 10.1 Å². The van der Waals surface area contributed by atoms with Crippen LogP contribution < -0.4 is 21.2 Å². The molecule has 0 aliphatic carbocycles. The van der Waals surface area contributed by atoms with Gasteiger partial charge in [-0.3, -0.25) is 0 Å². The normalized spacial score (nSPS) is 15.7. The van der Waals surface area contributed by atoms with Crippen LogP contribution >= 0.6 is 43.3 Å². The maximum atomic E-state index is 12.6. The summed E-state index contributed by atoms with van der Waals surface area (Å²) in [5.74, 6) is 0. The van der Waals surface area contributed by atoms with Crippen LogP contribution in [0.5, 0.6) is 0 Å². The van der Waals surface area contributed by atoms with Crippen LogP contribution in [-0.4, -0.2) is 25.3 Å². The minimum atomic E-state index is -4.32.